The molecule has 0 aliphatic carbocycles. The summed E-state index contributed by atoms with van der Waals surface area (Å²) in [6, 6.07) is 0. The molecule has 2 aliphatic rings. The van der Waals surface area contributed by atoms with Crippen molar-refractivity contribution in [3.63, 3.8) is 0 Å². The Morgan fingerprint density at radius 1 is 1.53 bits per heavy atom. The average molecular weight is 234 g/mol. The van der Waals surface area contributed by atoms with Crippen molar-refractivity contribution in [2.45, 2.75) is 6.42 Å². The van der Waals surface area contributed by atoms with Gasteiger partial charge in [-0.1, -0.05) is 6.58 Å². The van der Waals surface area contributed by atoms with Crippen LogP contribution in [0.15, 0.2) is 12.2 Å². The SMILES string of the molecule is C=C(CN1CC2(CCOC2)C1)C([NH-])=O.[K+]. The third kappa shape index (κ3) is 3.12. The second-order valence-corrected chi connectivity index (χ2v) is 4.38. The second kappa shape index (κ2) is 5.40. The van der Waals surface area contributed by atoms with Crippen molar-refractivity contribution in [2.75, 3.05) is 32.8 Å². The standard InChI is InChI=1S/C10H16N2O2.K/c1-8(9(11)13)4-12-5-10(6-12)2-3-14-7-10;/h1-7H2,(H2,11,13);/q;+1/p-1. The van der Waals surface area contributed by atoms with E-state index in [1.54, 1.807) is 0 Å². The van der Waals surface area contributed by atoms with Crippen LogP contribution in [0, 0.1) is 5.41 Å². The third-order valence-corrected chi connectivity index (χ3v) is 3.04. The molecule has 1 amide bonds. The number of carbonyl (C=O) groups is 1. The van der Waals surface area contributed by atoms with E-state index in [0.717, 1.165) is 32.7 Å². The largest absolute Gasteiger partial charge is 1.00 e. The van der Waals surface area contributed by atoms with Crippen LogP contribution in [0.25, 0.3) is 5.73 Å². The van der Waals surface area contributed by atoms with Gasteiger partial charge in [0.2, 0.25) is 0 Å². The molecule has 0 aromatic carbocycles. The minimum Gasteiger partial charge on any atom is -0.664 e. The molecule has 0 bridgehead atoms. The van der Waals surface area contributed by atoms with Crippen molar-refractivity contribution in [1.82, 2.24) is 4.90 Å². The van der Waals surface area contributed by atoms with E-state index in [-0.39, 0.29) is 51.4 Å². The van der Waals surface area contributed by atoms with E-state index in [9.17, 15) is 4.79 Å². The Morgan fingerprint density at radius 3 is 2.67 bits per heavy atom. The predicted molar refractivity (Wildman–Crippen MR) is 52.8 cm³/mol. The predicted octanol–water partition coefficient (Wildman–Crippen LogP) is -2.15. The average Bonchev–Trinajstić information content (AvgIpc) is 2.51. The molecular formula is C10H15KN2O2. The molecule has 4 nitrogen and oxygen atoms in total. The molecule has 0 unspecified atom stereocenters. The molecule has 1 N–H and O–H groups in total. The summed E-state index contributed by atoms with van der Waals surface area (Å²) in [5, 5.41) is 0. The number of hydrogen-bond acceptors (Lipinski definition) is 3. The van der Waals surface area contributed by atoms with E-state index >= 15 is 0 Å². The Labute approximate surface area is 133 Å². The summed E-state index contributed by atoms with van der Waals surface area (Å²) in [5.41, 5.74) is 7.63. The minimum absolute atomic E-state index is 0. The van der Waals surface area contributed by atoms with Gasteiger partial charge >= 0.3 is 51.4 Å². The van der Waals surface area contributed by atoms with Gasteiger partial charge < -0.3 is 15.3 Å². The van der Waals surface area contributed by atoms with Crippen LogP contribution in [0.4, 0.5) is 0 Å². The van der Waals surface area contributed by atoms with Crippen molar-refractivity contribution in [3.05, 3.63) is 17.9 Å². The minimum atomic E-state index is -0.645. The van der Waals surface area contributed by atoms with Crippen LogP contribution in [-0.2, 0) is 9.53 Å². The molecule has 78 valence electrons. The quantitative estimate of drug-likeness (QED) is 0.413. The van der Waals surface area contributed by atoms with Gasteiger partial charge in [-0.2, -0.15) is 0 Å². The van der Waals surface area contributed by atoms with E-state index in [4.69, 9.17) is 10.5 Å². The maximum Gasteiger partial charge on any atom is 1.00 e. The van der Waals surface area contributed by atoms with Gasteiger partial charge in [0, 0.05) is 31.7 Å². The van der Waals surface area contributed by atoms with E-state index in [0.29, 0.717) is 17.5 Å². The summed E-state index contributed by atoms with van der Waals surface area (Å²) >= 11 is 0. The van der Waals surface area contributed by atoms with Gasteiger partial charge in [-0.15, -0.1) is 0 Å². The normalized spacial score (nSPS) is 23.2. The molecule has 0 atom stereocenters. The molecule has 5 heteroatoms. The van der Waals surface area contributed by atoms with Gasteiger partial charge in [0.25, 0.3) is 0 Å². The fourth-order valence-corrected chi connectivity index (χ4v) is 2.25. The number of carbonyl (C=O) groups excluding carboxylic acids is 1. The summed E-state index contributed by atoms with van der Waals surface area (Å²) in [5.74, 6) is -0.645. The Hall–Kier alpha value is 0.766. The van der Waals surface area contributed by atoms with E-state index in [1.807, 2.05) is 0 Å². The zero-order valence-electron chi connectivity index (χ0n) is 9.21. The first kappa shape index (κ1) is 13.8. The fraction of sp³-hybridized carbons (Fsp3) is 0.700. The van der Waals surface area contributed by atoms with Crippen LogP contribution in [0.5, 0.6) is 0 Å². The van der Waals surface area contributed by atoms with Gasteiger partial charge in [-0.05, 0) is 12.0 Å². The summed E-state index contributed by atoms with van der Waals surface area (Å²) < 4.78 is 5.35. The number of nitrogens with one attached hydrogen (secondary N) is 1. The van der Waals surface area contributed by atoms with Crippen molar-refractivity contribution in [2.24, 2.45) is 5.41 Å². The molecule has 0 aromatic heterocycles. The molecule has 0 radical (unpaired) electrons. The zero-order chi connectivity index (χ0) is 10.2. The van der Waals surface area contributed by atoms with E-state index in [2.05, 4.69) is 11.5 Å². The third-order valence-electron chi connectivity index (χ3n) is 3.04. The van der Waals surface area contributed by atoms with Crippen molar-refractivity contribution >= 4 is 5.91 Å². The molecule has 15 heavy (non-hydrogen) atoms. The van der Waals surface area contributed by atoms with Crippen LogP contribution in [-0.4, -0.2) is 43.7 Å². The first-order valence-corrected chi connectivity index (χ1v) is 4.85. The van der Waals surface area contributed by atoms with Gasteiger partial charge in [0.15, 0.2) is 0 Å². The van der Waals surface area contributed by atoms with E-state index in [1.165, 1.54) is 0 Å². The van der Waals surface area contributed by atoms with Crippen LogP contribution < -0.4 is 51.4 Å². The van der Waals surface area contributed by atoms with Crippen molar-refractivity contribution in [1.29, 1.82) is 0 Å². The number of likely N-dealkylation sites (tertiary alicyclic amines) is 1. The molecular weight excluding hydrogens is 219 g/mol. The zero-order valence-corrected chi connectivity index (χ0v) is 12.3. The number of amides is 1. The van der Waals surface area contributed by atoms with Crippen molar-refractivity contribution in [3.8, 4) is 0 Å². The summed E-state index contributed by atoms with van der Waals surface area (Å²) in [6.45, 7) is 7.82. The van der Waals surface area contributed by atoms with Crippen LogP contribution in [0.1, 0.15) is 6.42 Å². The number of hydrogen-bond donors (Lipinski definition) is 0. The molecule has 1 spiro atoms. The fourth-order valence-electron chi connectivity index (χ4n) is 2.25. The second-order valence-electron chi connectivity index (χ2n) is 4.38. The van der Waals surface area contributed by atoms with Gasteiger partial charge in [-0.3, -0.25) is 4.90 Å². The molecule has 0 aromatic rings. The van der Waals surface area contributed by atoms with Crippen LogP contribution in [0.3, 0.4) is 0 Å². The van der Waals surface area contributed by atoms with Gasteiger partial charge in [0.05, 0.1) is 12.5 Å². The number of nitrogens with zero attached hydrogens (tertiary/aromatic N) is 1. The Kier molecular flexibility index (Phi) is 4.98. The Bertz CT molecular complexity index is 267. The molecule has 2 heterocycles. The van der Waals surface area contributed by atoms with Crippen molar-refractivity contribution < 1.29 is 60.9 Å². The maximum atomic E-state index is 10.6. The monoisotopic (exact) mass is 234 g/mol. The summed E-state index contributed by atoms with van der Waals surface area (Å²) in [6.07, 6.45) is 1.13. The Balaban J connectivity index is 0.00000112. The Morgan fingerprint density at radius 2 is 2.20 bits per heavy atom. The van der Waals surface area contributed by atoms with Crippen LogP contribution in [0.2, 0.25) is 0 Å². The number of rotatable bonds is 3. The van der Waals surface area contributed by atoms with Crippen LogP contribution >= 0.6 is 0 Å². The maximum absolute atomic E-state index is 10.6. The van der Waals surface area contributed by atoms with E-state index < -0.39 is 5.91 Å². The number of ether oxygens (including phenoxy) is 1. The molecule has 2 aliphatic heterocycles. The summed E-state index contributed by atoms with van der Waals surface area (Å²) in [7, 11) is 0. The topological polar surface area (TPSA) is 53.3 Å². The molecule has 2 rings (SSSR count). The first-order chi connectivity index (χ1) is 6.61. The first-order valence-electron chi connectivity index (χ1n) is 4.85. The van der Waals surface area contributed by atoms with Gasteiger partial charge in [-0.25, -0.2) is 0 Å². The molecule has 2 saturated heterocycles. The molecule has 2 fully saturated rings. The molecule has 0 saturated carbocycles. The smallest absolute Gasteiger partial charge is 0.664 e. The summed E-state index contributed by atoms with van der Waals surface area (Å²) in [4.78, 5) is 12.8. The van der Waals surface area contributed by atoms with Gasteiger partial charge in [0.1, 0.15) is 0 Å².